The van der Waals surface area contributed by atoms with Gasteiger partial charge in [0, 0.05) is 12.7 Å². The number of urea groups is 1. The third-order valence-electron chi connectivity index (χ3n) is 3.17. The number of nitrogens with zero attached hydrogens (tertiary/aromatic N) is 4. The minimum Gasteiger partial charge on any atom is -0.352 e. The van der Waals surface area contributed by atoms with Crippen LogP contribution in [0.4, 0.5) is 4.79 Å². The highest BCUT2D eigenvalue weighted by Crippen LogP contribution is 2.05. The van der Waals surface area contributed by atoms with Crippen LogP contribution in [-0.2, 0) is 11.3 Å². The van der Waals surface area contributed by atoms with Crippen molar-refractivity contribution in [3.63, 3.8) is 0 Å². The van der Waals surface area contributed by atoms with Crippen molar-refractivity contribution in [3.05, 3.63) is 36.5 Å². The average Bonchev–Trinajstić information content (AvgIpc) is 3.11. The molecule has 2 rings (SSSR count). The molecule has 0 aliphatic rings. The first-order chi connectivity index (χ1) is 11.6. The number of hydrogen-bond donors (Lipinski definition) is 3. The molecule has 2 aromatic rings. The highest BCUT2D eigenvalue weighted by molar-refractivity contribution is 7.98. The number of aromatic nitrogens is 4. The van der Waals surface area contributed by atoms with Gasteiger partial charge in [0.05, 0.1) is 0 Å². The van der Waals surface area contributed by atoms with E-state index in [2.05, 4.69) is 25.7 Å². The fourth-order valence-electron chi connectivity index (χ4n) is 1.97. The first-order valence-corrected chi connectivity index (χ1v) is 8.62. The van der Waals surface area contributed by atoms with Gasteiger partial charge in [-0.05, 0) is 30.1 Å². The number of primary amides is 1. The van der Waals surface area contributed by atoms with Gasteiger partial charge in [0.15, 0.2) is 5.82 Å². The molecule has 0 aliphatic carbocycles. The van der Waals surface area contributed by atoms with Crippen molar-refractivity contribution in [2.75, 3.05) is 12.0 Å². The number of hydrogen-bond acceptors (Lipinski definition) is 6. The maximum atomic E-state index is 12.2. The molecule has 128 valence electrons. The highest BCUT2D eigenvalue weighted by Gasteiger charge is 2.18. The summed E-state index contributed by atoms with van der Waals surface area (Å²) in [5.74, 6) is 1.10. The Labute approximate surface area is 143 Å². The van der Waals surface area contributed by atoms with Crippen LogP contribution in [0.15, 0.2) is 31.0 Å². The van der Waals surface area contributed by atoms with E-state index in [0.717, 1.165) is 11.3 Å². The Hall–Kier alpha value is -2.62. The standard InChI is InChI=1S/C14H19N7O2S/c1-24-5-4-11(20-14(15)23)13(22)18-7-10-2-3-12(17-6-10)21-9-16-8-19-21/h2-3,6,8-9,11H,4-5,7H2,1H3,(H,18,22)(H3,15,20,23)/t11-/m1/s1. The van der Waals surface area contributed by atoms with Crippen LogP contribution >= 0.6 is 11.8 Å². The van der Waals surface area contributed by atoms with Gasteiger partial charge in [-0.2, -0.15) is 16.9 Å². The van der Waals surface area contributed by atoms with Gasteiger partial charge >= 0.3 is 6.03 Å². The molecule has 0 unspecified atom stereocenters. The Bertz CT molecular complexity index is 660. The number of nitrogens with two attached hydrogens (primary N) is 1. The Balaban J connectivity index is 1.90. The molecule has 1 atom stereocenters. The molecular weight excluding hydrogens is 330 g/mol. The normalized spacial score (nSPS) is 11.7. The van der Waals surface area contributed by atoms with Crippen molar-refractivity contribution in [3.8, 4) is 5.82 Å². The Kier molecular flexibility index (Phi) is 6.55. The maximum absolute atomic E-state index is 12.2. The van der Waals surface area contributed by atoms with E-state index in [-0.39, 0.29) is 5.91 Å². The van der Waals surface area contributed by atoms with E-state index in [1.165, 1.54) is 11.0 Å². The molecule has 0 aliphatic heterocycles. The molecule has 0 radical (unpaired) electrons. The molecule has 24 heavy (non-hydrogen) atoms. The fraction of sp³-hybridized carbons (Fsp3) is 0.357. The average molecular weight is 349 g/mol. The predicted molar refractivity (Wildman–Crippen MR) is 90.5 cm³/mol. The largest absolute Gasteiger partial charge is 0.352 e. The van der Waals surface area contributed by atoms with Crippen molar-refractivity contribution in [1.82, 2.24) is 30.4 Å². The minimum absolute atomic E-state index is 0.275. The summed E-state index contributed by atoms with van der Waals surface area (Å²) >= 11 is 1.59. The van der Waals surface area contributed by atoms with Gasteiger partial charge in [0.25, 0.3) is 0 Å². The quantitative estimate of drug-likeness (QED) is 0.619. The number of thioether (sulfide) groups is 1. The third-order valence-corrected chi connectivity index (χ3v) is 3.82. The summed E-state index contributed by atoms with van der Waals surface area (Å²) in [6.45, 7) is 0.305. The SMILES string of the molecule is CSCC[C@@H](NC(N)=O)C(=O)NCc1ccc(-n2cncn2)nc1. The molecule has 0 bridgehead atoms. The van der Waals surface area contributed by atoms with Crippen molar-refractivity contribution >= 4 is 23.7 Å². The monoisotopic (exact) mass is 349 g/mol. The Morgan fingerprint density at radius 3 is 2.83 bits per heavy atom. The molecule has 2 heterocycles. The molecule has 2 aromatic heterocycles. The lowest BCUT2D eigenvalue weighted by Gasteiger charge is -2.16. The highest BCUT2D eigenvalue weighted by atomic mass is 32.2. The predicted octanol–water partition coefficient (Wildman–Crippen LogP) is 0.0685. The second kappa shape index (κ2) is 8.87. The van der Waals surface area contributed by atoms with Crippen LogP contribution in [0.5, 0.6) is 0 Å². The van der Waals surface area contributed by atoms with Crippen molar-refractivity contribution < 1.29 is 9.59 Å². The summed E-state index contributed by atoms with van der Waals surface area (Å²) < 4.78 is 1.54. The molecule has 0 fully saturated rings. The smallest absolute Gasteiger partial charge is 0.312 e. The maximum Gasteiger partial charge on any atom is 0.312 e. The molecular formula is C14H19N7O2S. The summed E-state index contributed by atoms with van der Waals surface area (Å²) in [6.07, 6.45) is 7.07. The van der Waals surface area contributed by atoms with Gasteiger partial charge in [-0.3, -0.25) is 4.79 Å². The molecule has 0 spiro atoms. The summed E-state index contributed by atoms with van der Waals surface area (Å²) in [5.41, 5.74) is 5.94. The third kappa shape index (κ3) is 5.23. The molecule has 4 N–H and O–H groups in total. The van der Waals surface area contributed by atoms with E-state index in [9.17, 15) is 9.59 Å². The van der Waals surface area contributed by atoms with Crippen LogP contribution < -0.4 is 16.4 Å². The van der Waals surface area contributed by atoms with E-state index in [4.69, 9.17) is 5.73 Å². The molecule has 0 aromatic carbocycles. The number of carbonyl (C=O) groups excluding carboxylic acids is 2. The van der Waals surface area contributed by atoms with E-state index in [1.807, 2.05) is 12.3 Å². The van der Waals surface area contributed by atoms with Crippen LogP contribution in [-0.4, -0.2) is 49.7 Å². The molecule has 9 nitrogen and oxygen atoms in total. The zero-order valence-corrected chi connectivity index (χ0v) is 14.0. The number of nitrogens with one attached hydrogen (secondary N) is 2. The number of pyridine rings is 1. The van der Waals surface area contributed by atoms with Gasteiger partial charge in [0.1, 0.15) is 18.7 Å². The molecule has 3 amide bonds. The van der Waals surface area contributed by atoms with Gasteiger partial charge < -0.3 is 16.4 Å². The minimum atomic E-state index is -0.713. The van der Waals surface area contributed by atoms with E-state index < -0.39 is 12.1 Å². The van der Waals surface area contributed by atoms with Crippen LogP contribution in [0.25, 0.3) is 5.82 Å². The summed E-state index contributed by atoms with van der Waals surface area (Å²) in [6, 6.07) is 2.26. The lowest BCUT2D eigenvalue weighted by atomic mass is 10.2. The zero-order chi connectivity index (χ0) is 17.4. The summed E-state index contributed by atoms with van der Waals surface area (Å²) in [7, 11) is 0. The van der Waals surface area contributed by atoms with E-state index >= 15 is 0 Å². The molecule has 0 saturated heterocycles. The van der Waals surface area contributed by atoms with Crippen LogP contribution in [0.3, 0.4) is 0 Å². The Morgan fingerprint density at radius 2 is 2.25 bits per heavy atom. The zero-order valence-electron chi connectivity index (χ0n) is 13.2. The lowest BCUT2D eigenvalue weighted by molar-refractivity contribution is -0.123. The van der Waals surface area contributed by atoms with Crippen molar-refractivity contribution in [2.24, 2.45) is 5.73 Å². The van der Waals surface area contributed by atoms with Crippen LogP contribution in [0.1, 0.15) is 12.0 Å². The van der Waals surface area contributed by atoms with Gasteiger partial charge in [-0.1, -0.05) is 6.07 Å². The molecule has 0 saturated carbocycles. The van der Waals surface area contributed by atoms with E-state index in [0.29, 0.717) is 18.8 Å². The number of amides is 3. The van der Waals surface area contributed by atoms with Gasteiger partial charge in [0.2, 0.25) is 5.91 Å². The van der Waals surface area contributed by atoms with Crippen molar-refractivity contribution in [1.29, 1.82) is 0 Å². The van der Waals surface area contributed by atoms with Gasteiger partial charge in [-0.25, -0.2) is 19.4 Å². The van der Waals surface area contributed by atoms with Crippen LogP contribution in [0, 0.1) is 0 Å². The first kappa shape index (κ1) is 17.7. The number of rotatable bonds is 8. The van der Waals surface area contributed by atoms with E-state index in [1.54, 1.807) is 30.4 Å². The second-order valence-electron chi connectivity index (χ2n) is 4.93. The molecule has 10 heteroatoms. The van der Waals surface area contributed by atoms with Crippen LogP contribution in [0.2, 0.25) is 0 Å². The van der Waals surface area contributed by atoms with Crippen molar-refractivity contribution in [2.45, 2.75) is 19.0 Å². The number of carbonyl (C=O) groups is 2. The topological polar surface area (TPSA) is 128 Å². The lowest BCUT2D eigenvalue weighted by Crippen LogP contribution is -2.48. The fourth-order valence-corrected chi connectivity index (χ4v) is 2.44. The second-order valence-corrected chi connectivity index (χ2v) is 5.91. The summed E-state index contributed by atoms with van der Waals surface area (Å²) in [4.78, 5) is 31.3. The summed E-state index contributed by atoms with van der Waals surface area (Å²) in [5, 5.41) is 9.22. The van der Waals surface area contributed by atoms with Gasteiger partial charge in [-0.15, -0.1) is 0 Å². The first-order valence-electron chi connectivity index (χ1n) is 7.22. The Morgan fingerprint density at radius 1 is 1.42 bits per heavy atom.